The molecule has 39 heavy (non-hydrogen) atoms. The summed E-state index contributed by atoms with van der Waals surface area (Å²) < 4.78 is 12.0. The highest BCUT2D eigenvalue weighted by Gasteiger charge is 2.34. The minimum absolute atomic E-state index is 0.0631. The number of rotatable bonds is 8. The molecule has 1 saturated heterocycles. The number of anilines is 3. The molecular weight excluding hydrogens is 496 g/mol. The number of pyridine rings is 1. The van der Waals surface area contributed by atoms with E-state index in [0.29, 0.717) is 24.6 Å². The molecule has 2 fully saturated rings. The predicted molar refractivity (Wildman–Crippen MR) is 147 cm³/mol. The molecule has 3 aromatic rings. The number of carbonyl (C=O) groups excluding carboxylic acids is 2. The lowest BCUT2D eigenvalue weighted by Crippen LogP contribution is -2.44. The highest BCUT2D eigenvalue weighted by atomic mass is 16.6. The van der Waals surface area contributed by atoms with E-state index in [0.717, 1.165) is 42.7 Å². The summed E-state index contributed by atoms with van der Waals surface area (Å²) in [6.45, 7) is 6.74. The number of ether oxygens (including phenoxy) is 2. The van der Waals surface area contributed by atoms with Crippen LogP contribution >= 0.6 is 0 Å². The molecule has 5 rings (SSSR count). The van der Waals surface area contributed by atoms with Crippen molar-refractivity contribution in [2.45, 2.75) is 58.1 Å². The molecule has 1 atom stereocenters. The van der Waals surface area contributed by atoms with Crippen molar-refractivity contribution in [1.29, 1.82) is 0 Å². The topological polar surface area (TPSA) is 110 Å². The van der Waals surface area contributed by atoms with Crippen LogP contribution in [0.25, 0.3) is 0 Å². The van der Waals surface area contributed by atoms with E-state index in [1.165, 1.54) is 6.33 Å². The first-order chi connectivity index (χ1) is 18.8. The van der Waals surface area contributed by atoms with Gasteiger partial charge in [-0.2, -0.15) is 0 Å². The van der Waals surface area contributed by atoms with Crippen molar-refractivity contribution in [1.82, 2.24) is 19.9 Å². The molecule has 204 valence electrons. The Morgan fingerprint density at radius 1 is 1.03 bits per heavy atom. The Labute approximate surface area is 228 Å². The Balaban J connectivity index is 1.38. The lowest BCUT2D eigenvalue weighted by atomic mass is 10.1. The van der Waals surface area contributed by atoms with Crippen LogP contribution in [0.3, 0.4) is 0 Å². The standard InChI is InChI=1S/C29H34N6O4/c1-29(2,3)39-28(37)34-14-4-5-22(34)18-35(23-15-31-19-32-16-23)25-17-30-13-12-26(25)38-24-10-8-21(9-11-24)33-27(36)20-6-7-20/h8-13,15-17,19-20,22H,4-7,14,18H2,1-3H3,(H,33,36). The minimum Gasteiger partial charge on any atom is -0.455 e. The van der Waals surface area contributed by atoms with E-state index in [-0.39, 0.29) is 24.0 Å². The quantitative estimate of drug-likeness (QED) is 0.404. The van der Waals surface area contributed by atoms with E-state index in [2.05, 4.69) is 20.3 Å². The van der Waals surface area contributed by atoms with E-state index < -0.39 is 5.60 Å². The predicted octanol–water partition coefficient (Wildman–Crippen LogP) is 5.55. The van der Waals surface area contributed by atoms with Gasteiger partial charge in [0.25, 0.3) is 0 Å². The van der Waals surface area contributed by atoms with Crippen LogP contribution in [0.2, 0.25) is 0 Å². The second-order valence-corrected chi connectivity index (χ2v) is 10.9. The van der Waals surface area contributed by atoms with Gasteiger partial charge in [-0.05, 0) is 70.7 Å². The molecule has 2 aromatic heterocycles. The molecule has 1 aliphatic carbocycles. The van der Waals surface area contributed by atoms with Crippen LogP contribution in [0.4, 0.5) is 21.9 Å². The van der Waals surface area contributed by atoms with Crippen molar-refractivity contribution in [2.24, 2.45) is 5.92 Å². The summed E-state index contributed by atoms with van der Waals surface area (Å²) in [6, 6.07) is 9.03. The number of carbonyl (C=O) groups is 2. The molecule has 2 aliphatic rings. The number of hydrogen-bond donors (Lipinski definition) is 1. The molecule has 10 nitrogen and oxygen atoms in total. The number of amides is 2. The van der Waals surface area contributed by atoms with Gasteiger partial charge in [0.2, 0.25) is 5.91 Å². The van der Waals surface area contributed by atoms with Crippen LogP contribution in [0.1, 0.15) is 46.5 Å². The zero-order valence-electron chi connectivity index (χ0n) is 22.5. The minimum atomic E-state index is -0.572. The Morgan fingerprint density at radius 2 is 1.77 bits per heavy atom. The fraction of sp³-hybridized carbons (Fsp3) is 0.414. The third-order valence-electron chi connectivity index (χ3n) is 6.61. The van der Waals surface area contributed by atoms with Gasteiger partial charge < -0.3 is 24.6 Å². The van der Waals surface area contributed by atoms with Crippen LogP contribution < -0.4 is 15.0 Å². The average molecular weight is 531 g/mol. The van der Waals surface area contributed by atoms with Gasteiger partial charge in [-0.15, -0.1) is 0 Å². The summed E-state index contributed by atoms with van der Waals surface area (Å²) in [5, 5.41) is 2.94. The van der Waals surface area contributed by atoms with Crippen LogP contribution in [0.5, 0.6) is 11.5 Å². The van der Waals surface area contributed by atoms with Gasteiger partial charge >= 0.3 is 6.09 Å². The molecule has 0 radical (unpaired) electrons. The SMILES string of the molecule is CC(C)(C)OC(=O)N1CCCC1CN(c1cncnc1)c1cnccc1Oc1ccc(NC(=O)C2CC2)cc1. The van der Waals surface area contributed by atoms with E-state index in [1.807, 2.05) is 49.9 Å². The van der Waals surface area contributed by atoms with E-state index >= 15 is 0 Å². The Bertz CT molecular complexity index is 1290. The smallest absolute Gasteiger partial charge is 0.410 e. The zero-order valence-corrected chi connectivity index (χ0v) is 22.5. The van der Waals surface area contributed by atoms with Crippen molar-refractivity contribution in [3.8, 4) is 11.5 Å². The van der Waals surface area contributed by atoms with E-state index in [9.17, 15) is 9.59 Å². The first-order valence-corrected chi connectivity index (χ1v) is 13.3. The number of hydrogen-bond acceptors (Lipinski definition) is 8. The number of nitrogens with zero attached hydrogens (tertiary/aromatic N) is 5. The fourth-order valence-electron chi connectivity index (χ4n) is 4.56. The normalized spacial score (nSPS) is 17.0. The molecule has 10 heteroatoms. The molecule has 1 aliphatic heterocycles. The van der Waals surface area contributed by atoms with Gasteiger partial charge in [-0.1, -0.05) is 0 Å². The first kappa shape index (κ1) is 26.4. The summed E-state index contributed by atoms with van der Waals surface area (Å²) in [5.41, 5.74) is 1.64. The number of likely N-dealkylation sites (tertiary alicyclic amines) is 1. The van der Waals surface area contributed by atoms with Crippen LogP contribution in [-0.2, 0) is 9.53 Å². The Kier molecular flexibility index (Phi) is 7.63. The fourth-order valence-corrected chi connectivity index (χ4v) is 4.56. The Morgan fingerprint density at radius 3 is 2.46 bits per heavy atom. The van der Waals surface area contributed by atoms with Crippen molar-refractivity contribution < 1.29 is 19.1 Å². The third-order valence-corrected chi connectivity index (χ3v) is 6.61. The molecule has 1 aromatic carbocycles. The summed E-state index contributed by atoms with van der Waals surface area (Å²) in [6.07, 6.45) is 11.7. The van der Waals surface area contributed by atoms with Gasteiger partial charge in [-0.3, -0.25) is 9.78 Å². The summed E-state index contributed by atoms with van der Waals surface area (Å²) in [5.74, 6) is 1.41. The second kappa shape index (κ2) is 11.3. The largest absolute Gasteiger partial charge is 0.455 e. The highest BCUT2D eigenvalue weighted by molar-refractivity contribution is 5.94. The monoisotopic (exact) mass is 530 g/mol. The van der Waals surface area contributed by atoms with Gasteiger partial charge in [0.1, 0.15) is 23.4 Å². The molecule has 3 heterocycles. The van der Waals surface area contributed by atoms with Crippen molar-refractivity contribution >= 4 is 29.1 Å². The lowest BCUT2D eigenvalue weighted by Gasteiger charge is -2.33. The summed E-state index contributed by atoms with van der Waals surface area (Å²) >= 11 is 0. The van der Waals surface area contributed by atoms with E-state index in [1.54, 1.807) is 35.8 Å². The maximum atomic E-state index is 13.0. The second-order valence-electron chi connectivity index (χ2n) is 10.9. The maximum absolute atomic E-state index is 13.0. The highest BCUT2D eigenvalue weighted by Crippen LogP contribution is 2.37. The zero-order chi connectivity index (χ0) is 27.4. The maximum Gasteiger partial charge on any atom is 0.410 e. The average Bonchev–Trinajstić information content (AvgIpc) is 3.66. The summed E-state index contributed by atoms with van der Waals surface area (Å²) in [4.78, 5) is 41.7. The molecule has 0 bridgehead atoms. The third kappa shape index (κ3) is 6.81. The molecule has 1 saturated carbocycles. The molecular formula is C29H34N6O4. The van der Waals surface area contributed by atoms with Crippen LogP contribution in [0, 0.1) is 5.92 Å². The van der Waals surface area contributed by atoms with Gasteiger partial charge in [0, 0.05) is 37.0 Å². The van der Waals surface area contributed by atoms with Gasteiger partial charge in [-0.25, -0.2) is 14.8 Å². The lowest BCUT2D eigenvalue weighted by molar-refractivity contribution is -0.117. The molecule has 2 amide bonds. The van der Waals surface area contributed by atoms with Gasteiger partial charge in [0.15, 0.2) is 5.75 Å². The molecule has 1 unspecified atom stereocenters. The number of nitrogens with one attached hydrogen (secondary N) is 1. The van der Waals surface area contributed by atoms with Crippen LogP contribution in [0.15, 0.2) is 61.4 Å². The first-order valence-electron chi connectivity index (χ1n) is 13.3. The van der Waals surface area contributed by atoms with Crippen molar-refractivity contribution in [2.75, 3.05) is 23.3 Å². The van der Waals surface area contributed by atoms with Gasteiger partial charge in [0.05, 0.1) is 30.3 Å². The molecule has 1 N–H and O–H groups in total. The number of benzene rings is 1. The van der Waals surface area contributed by atoms with Crippen molar-refractivity contribution in [3.63, 3.8) is 0 Å². The van der Waals surface area contributed by atoms with E-state index in [4.69, 9.17) is 9.47 Å². The van der Waals surface area contributed by atoms with Crippen LogP contribution in [-0.4, -0.2) is 56.6 Å². The molecule has 0 spiro atoms. The van der Waals surface area contributed by atoms with Crippen molar-refractivity contribution in [3.05, 3.63) is 61.4 Å². The summed E-state index contributed by atoms with van der Waals surface area (Å²) in [7, 11) is 0. The number of aromatic nitrogens is 3. The Hall–Kier alpha value is -4.21.